The Labute approximate surface area is 199 Å². The van der Waals surface area contributed by atoms with Gasteiger partial charge in [-0.3, -0.25) is 14.5 Å². The molecule has 0 aromatic heterocycles. The second-order valence-corrected chi connectivity index (χ2v) is 8.59. The molecule has 1 atom stereocenters. The van der Waals surface area contributed by atoms with Crippen molar-refractivity contribution in [3.8, 4) is 5.75 Å². The number of ether oxygens (including phenoxy) is 2. The number of nitrogens with zero attached hydrogens (tertiary/aromatic N) is 3. The average Bonchev–Trinajstić information content (AvgIpc) is 3.31. The second kappa shape index (κ2) is 10.8. The van der Waals surface area contributed by atoms with E-state index in [9.17, 15) is 14.0 Å². The molecular formula is C26H30FN3O4. The lowest BCUT2D eigenvalue weighted by atomic mass is 9.97. The predicted octanol–water partition coefficient (Wildman–Crippen LogP) is 3.79. The van der Waals surface area contributed by atoms with E-state index in [4.69, 9.17) is 14.6 Å². The highest BCUT2D eigenvalue weighted by Gasteiger charge is 2.35. The van der Waals surface area contributed by atoms with Crippen LogP contribution in [0.2, 0.25) is 0 Å². The molecule has 7 nitrogen and oxygen atoms in total. The fraction of sp³-hybridized carbons (Fsp3) is 0.423. The highest BCUT2D eigenvalue weighted by atomic mass is 19.1. The summed E-state index contributed by atoms with van der Waals surface area (Å²) in [4.78, 5) is 27.4. The van der Waals surface area contributed by atoms with Gasteiger partial charge in [-0.2, -0.15) is 5.10 Å². The molecule has 1 saturated heterocycles. The summed E-state index contributed by atoms with van der Waals surface area (Å²) in [5, 5.41) is 6.22. The number of methoxy groups -OCH3 is 1. The van der Waals surface area contributed by atoms with Gasteiger partial charge in [-0.1, -0.05) is 12.1 Å². The van der Waals surface area contributed by atoms with E-state index in [1.165, 1.54) is 17.1 Å². The maximum Gasteiger partial charge on any atom is 0.309 e. The van der Waals surface area contributed by atoms with Gasteiger partial charge in [0.15, 0.2) is 0 Å². The molecule has 0 spiro atoms. The summed E-state index contributed by atoms with van der Waals surface area (Å²) in [7, 11) is 1.61. The number of hydrogen-bond acceptors (Lipinski definition) is 6. The van der Waals surface area contributed by atoms with Crippen molar-refractivity contribution in [2.45, 2.75) is 32.2 Å². The Kier molecular flexibility index (Phi) is 7.57. The second-order valence-electron chi connectivity index (χ2n) is 8.59. The monoisotopic (exact) mass is 467 g/mol. The number of hydrogen-bond donors (Lipinski definition) is 0. The Bertz CT molecular complexity index is 1030. The molecule has 0 unspecified atom stereocenters. The van der Waals surface area contributed by atoms with Gasteiger partial charge in [0.2, 0.25) is 0 Å². The standard InChI is InChI=1S/C26H30FN3O4/c1-3-34-26(32)20-12-14-29(15-13-20)17-25(31)30-24(19-4-8-21(27)9-5-19)16-23(28-30)18-6-10-22(33-2)11-7-18/h4-11,20,24H,3,12-17H2,1-2H3/t24-/m1/s1. The SMILES string of the molecule is CCOC(=O)C1CCN(CC(=O)N2N=C(c3ccc(OC)cc3)C[C@@H]2c2ccc(F)cc2)CC1. The van der Waals surface area contributed by atoms with E-state index in [0.29, 0.717) is 39.0 Å². The minimum Gasteiger partial charge on any atom is -0.497 e. The minimum absolute atomic E-state index is 0.107. The van der Waals surface area contributed by atoms with Crippen molar-refractivity contribution in [3.05, 3.63) is 65.5 Å². The van der Waals surface area contributed by atoms with Crippen LogP contribution in [0.5, 0.6) is 5.75 Å². The molecule has 0 N–H and O–H groups in total. The number of hydrazone groups is 1. The third kappa shape index (κ3) is 5.44. The zero-order valence-corrected chi connectivity index (χ0v) is 19.6. The summed E-state index contributed by atoms with van der Waals surface area (Å²) in [6, 6.07) is 13.5. The van der Waals surface area contributed by atoms with Crippen LogP contribution in [-0.2, 0) is 14.3 Å². The largest absolute Gasteiger partial charge is 0.497 e. The van der Waals surface area contributed by atoms with Crippen molar-refractivity contribution < 1.29 is 23.5 Å². The van der Waals surface area contributed by atoms with Crippen molar-refractivity contribution in [2.24, 2.45) is 11.0 Å². The molecule has 2 aliphatic heterocycles. The van der Waals surface area contributed by atoms with Crippen LogP contribution in [0.25, 0.3) is 0 Å². The number of benzene rings is 2. The number of likely N-dealkylation sites (tertiary alicyclic amines) is 1. The van der Waals surface area contributed by atoms with Gasteiger partial charge in [0.1, 0.15) is 11.6 Å². The van der Waals surface area contributed by atoms with Gasteiger partial charge in [-0.15, -0.1) is 0 Å². The first-order chi connectivity index (χ1) is 16.5. The van der Waals surface area contributed by atoms with Gasteiger partial charge in [-0.25, -0.2) is 9.40 Å². The Morgan fingerprint density at radius 1 is 1.06 bits per heavy atom. The molecule has 0 aliphatic carbocycles. The molecule has 0 saturated carbocycles. The number of carbonyl (C=O) groups excluding carboxylic acids is 2. The lowest BCUT2D eigenvalue weighted by Gasteiger charge is -2.31. The number of carbonyl (C=O) groups is 2. The van der Waals surface area contributed by atoms with E-state index in [-0.39, 0.29) is 36.2 Å². The summed E-state index contributed by atoms with van der Waals surface area (Å²) in [6.45, 7) is 3.71. The van der Waals surface area contributed by atoms with Crippen LogP contribution in [-0.4, -0.2) is 60.8 Å². The molecule has 8 heteroatoms. The van der Waals surface area contributed by atoms with E-state index in [1.54, 1.807) is 26.2 Å². The maximum absolute atomic E-state index is 13.5. The number of halogens is 1. The van der Waals surface area contributed by atoms with Crippen LogP contribution in [0.4, 0.5) is 4.39 Å². The summed E-state index contributed by atoms with van der Waals surface area (Å²) in [5.74, 6) is 0.0484. The quantitative estimate of drug-likeness (QED) is 0.580. The smallest absolute Gasteiger partial charge is 0.309 e. The summed E-state index contributed by atoms with van der Waals surface area (Å²) in [6.07, 6.45) is 1.89. The van der Waals surface area contributed by atoms with Crippen LogP contribution in [0.1, 0.15) is 43.4 Å². The summed E-state index contributed by atoms with van der Waals surface area (Å²) < 4.78 is 23.9. The van der Waals surface area contributed by atoms with Crippen molar-refractivity contribution in [2.75, 3.05) is 33.4 Å². The lowest BCUT2D eigenvalue weighted by Crippen LogP contribution is -2.43. The third-order valence-corrected chi connectivity index (χ3v) is 6.41. The first-order valence-electron chi connectivity index (χ1n) is 11.7. The number of amides is 1. The van der Waals surface area contributed by atoms with E-state index in [0.717, 1.165) is 22.6 Å². The van der Waals surface area contributed by atoms with Gasteiger partial charge in [-0.05, 0) is 80.4 Å². The lowest BCUT2D eigenvalue weighted by molar-refractivity contribution is -0.149. The Hall–Kier alpha value is -3.26. The van der Waals surface area contributed by atoms with Crippen molar-refractivity contribution in [1.82, 2.24) is 9.91 Å². The molecule has 180 valence electrons. The van der Waals surface area contributed by atoms with Crippen molar-refractivity contribution in [3.63, 3.8) is 0 Å². The Morgan fingerprint density at radius 2 is 1.74 bits per heavy atom. The van der Waals surface area contributed by atoms with Crippen LogP contribution in [0.3, 0.4) is 0 Å². The van der Waals surface area contributed by atoms with Crippen LogP contribution < -0.4 is 4.74 Å². The fourth-order valence-electron chi connectivity index (χ4n) is 4.49. The number of rotatable bonds is 7. The van der Waals surface area contributed by atoms with Crippen LogP contribution in [0, 0.1) is 11.7 Å². The average molecular weight is 468 g/mol. The fourth-order valence-corrected chi connectivity index (χ4v) is 4.49. The third-order valence-electron chi connectivity index (χ3n) is 6.41. The topological polar surface area (TPSA) is 71.4 Å². The number of esters is 1. The van der Waals surface area contributed by atoms with Crippen molar-refractivity contribution >= 4 is 17.6 Å². The maximum atomic E-state index is 13.5. The number of piperidine rings is 1. The summed E-state index contributed by atoms with van der Waals surface area (Å²) >= 11 is 0. The normalized spacial score (nSPS) is 19.1. The van der Waals surface area contributed by atoms with Crippen LogP contribution in [0.15, 0.2) is 53.6 Å². The van der Waals surface area contributed by atoms with Crippen LogP contribution >= 0.6 is 0 Å². The zero-order valence-electron chi connectivity index (χ0n) is 19.6. The molecule has 2 aromatic carbocycles. The Balaban J connectivity index is 1.48. The van der Waals surface area contributed by atoms with Gasteiger partial charge in [0.05, 0.1) is 37.9 Å². The molecule has 2 aliphatic rings. The molecule has 2 heterocycles. The minimum atomic E-state index is -0.319. The molecule has 0 radical (unpaired) electrons. The molecule has 34 heavy (non-hydrogen) atoms. The van der Waals surface area contributed by atoms with Gasteiger partial charge in [0, 0.05) is 6.42 Å². The van der Waals surface area contributed by atoms with E-state index in [2.05, 4.69) is 4.90 Å². The molecule has 2 aromatic rings. The van der Waals surface area contributed by atoms with Gasteiger partial charge >= 0.3 is 5.97 Å². The highest BCUT2D eigenvalue weighted by molar-refractivity contribution is 6.03. The highest BCUT2D eigenvalue weighted by Crippen LogP contribution is 2.33. The zero-order chi connectivity index (χ0) is 24.1. The Morgan fingerprint density at radius 3 is 2.35 bits per heavy atom. The first-order valence-corrected chi connectivity index (χ1v) is 11.7. The molecular weight excluding hydrogens is 437 g/mol. The van der Waals surface area contributed by atoms with E-state index < -0.39 is 0 Å². The van der Waals surface area contributed by atoms with Gasteiger partial charge < -0.3 is 9.47 Å². The van der Waals surface area contributed by atoms with E-state index >= 15 is 0 Å². The molecule has 1 amide bonds. The molecule has 1 fully saturated rings. The van der Waals surface area contributed by atoms with Gasteiger partial charge in [0.25, 0.3) is 5.91 Å². The molecule has 0 bridgehead atoms. The van der Waals surface area contributed by atoms with E-state index in [1.807, 2.05) is 24.3 Å². The van der Waals surface area contributed by atoms with Crippen molar-refractivity contribution in [1.29, 1.82) is 0 Å². The first kappa shape index (κ1) is 23.9. The summed E-state index contributed by atoms with van der Waals surface area (Å²) in [5.41, 5.74) is 2.55. The predicted molar refractivity (Wildman–Crippen MR) is 126 cm³/mol. The molecule has 4 rings (SSSR count).